The highest BCUT2D eigenvalue weighted by molar-refractivity contribution is 14.0. The zero-order valence-electron chi connectivity index (χ0n) is 12.9. The van der Waals surface area contributed by atoms with Crippen LogP contribution in [0.1, 0.15) is 17.8 Å². The number of amidine groups is 1. The number of hydrogen-bond acceptors (Lipinski definition) is 3. The first-order valence-corrected chi connectivity index (χ1v) is 6.88. The second-order valence-electron chi connectivity index (χ2n) is 5.10. The Bertz CT molecular complexity index is 688. The van der Waals surface area contributed by atoms with E-state index in [1.165, 1.54) is 19.4 Å². The summed E-state index contributed by atoms with van der Waals surface area (Å²) >= 11 is 0. The number of aliphatic hydroxyl groups is 1. The van der Waals surface area contributed by atoms with Crippen LogP contribution in [-0.4, -0.2) is 33.2 Å². The summed E-state index contributed by atoms with van der Waals surface area (Å²) in [7, 11) is 1.39. The van der Waals surface area contributed by atoms with Crippen LogP contribution in [-0.2, 0) is 12.6 Å². The van der Waals surface area contributed by atoms with Crippen molar-refractivity contribution in [1.82, 2.24) is 9.55 Å². The average molecular weight is 454 g/mol. The van der Waals surface area contributed by atoms with Gasteiger partial charge in [-0.3, -0.25) is 4.99 Å². The molecule has 24 heavy (non-hydrogen) atoms. The van der Waals surface area contributed by atoms with E-state index in [4.69, 9.17) is 5.73 Å². The molecule has 9 heteroatoms. The average Bonchev–Trinajstić information content (AvgIpc) is 2.93. The smallest absolute Gasteiger partial charge is 0.384 e. The molecule has 0 aliphatic heterocycles. The highest BCUT2D eigenvalue weighted by Gasteiger charge is 2.57. The van der Waals surface area contributed by atoms with Gasteiger partial charge in [0.05, 0.1) is 0 Å². The van der Waals surface area contributed by atoms with Crippen molar-refractivity contribution in [1.29, 1.82) is 0 Å². The molecule has 2 rings (SSSR count). The summed E-state index contributed by atoms with van der Waals surface area (Å²) < 4.78 is 41.1. The van der Waals surface area contributed by atoms with Gasteiger partial charge in [0, 0.05) is 38.0 Å². The predicted molar refractivity (Wildman–Crippen MR) is 95.2 cm³/mol. The summed E-state index contributed by atoms with van der Waals surface area (Å²) in [6.07, 6.45) is -3.00. The maximum absolute atomic E-state index is 13.3. The standard InChI is InChI=1S/C15H17F3N4O.HI/c1-22-10-9-21-13(22)14(23,15(16,17)18)7-8-20-12(19)11-5-3-2-4-6-11;/h2-6,9-10,23H,7-8H2,1H3,(H2,19,20);1H. The van der Waals surface area contributed by atoms with Gasteiger partial charge in [-0.2, -0.15) is 13.2 Å². The summed E-state index contributed by atoms with van der Waals surface area (Å²) in [5, 5.41) is 10.2. The van der Waals surface area contributed by atoms with Crippen LogP contribution in [0.4, 0.5) is 13.2 Å². The number of aryl methyl sites for hydroxylation is 1. The molecule has 0 aliphatic carbocycles. The highest BCUT2D eigenvalue weighted by atomic mass is 127. The molecule has 3 N–H and O–H groups in total. The fourth-order valence-corrected chi connectivity index (χ4v) is 2.18. The Hall–Kier alpha value is -1.62. The van der Waals surface area contributed by atoms with Gasteiger partial charge in [0.15, 0.2) is 0 Å². The second-order valence-corrected chi connectivity index (χ2v) is 5.10. The SMILES string of the molecule is Cn1ccnc1C(O)(CCN=C(N)c1ccccc1)C(F)(F)F.I. The van der Waals surface area contributed by atoms with E-state index < -0.39 is 24.0 Å². The van der Waals surface area contributed by atoms with Gasteiger partial charge in [0.2, 0.25) is 5.60 Å². The van der Waals surface area contributed by atoms with Crippen molar-refractivity contribution in [2.24, 2.45) is 17.8 Å². The van der Waals surface area contributed by atoms with Gasteiger partial charge >= 0.3 is 6.18 Å². The van der Waals surface area contributed by atoms with E-state index in [9.17, 15) is 18.3 Å². The van der Waals surface area contributed by atoms with Crippen LogP contribution in [0.5, 0.6) is 0 Å². The van der Waals surface area contributed by atoms with Crippen LogP contribution in [0, 0.1) is 0 Å². The lowest BCUT2D eigenvalue weighted by atomic mass is 9.98. The summed E-state index contributed by atoms with van der Waals surface area (Å²) in [5.74, 6) is -0.353. The van der Waals surface area contributed by atoms with Gasteiger partial charge in [0.1, 0.15) is 11.7 Å². The predicted octanol–water partition coefficient (Wildman–Crippen LogP) is 2.58. The van der Waals surface area contributed by atoms with E-state index in [1.54, 1.807) is 30.3 Å². The lowest BCUT2D eigenvalue weighted by Crippen LogP contribution is -2.45. The van der Waals surface area contributed by atoms with Crippen molar-refractivity contribution in [3.8, 4) is 0 Å². The maximum atomic E-state index is 13.3. The van der Waals surface area contributed by atoms with Gasteiger partial charge in [-0.25, -0.2) is 4.98 Å². The van der Waals surface area contributed by atoms with Gasteiger partial charge in [0.25, 0.3) is 0 Å². The monoisotopic (exact) mass is 454 g/mol. The molecule has 0 fully saturated rings. The zero-order chi connectivity index (χ0) is 17.1. The quantitative estimate of drug-likeness (QED) is 0.415. The van der Waals surface area contributed by atoms with E-state index in [0.29, 0.717) is 5.56 Å². The number of alkyl halides is 3. The molecule has 0 saturated heterocycles. The lowest BCUT2D eigenvalue weighted by Gasteiger charge is -2.29. The molecule has 5 nitrogen and oxygen atoms in total. The minimum atomic E-state index is -4.87. The molecule has 1 unspecified atom stereocenters. The van der Waals surface area contributed by atoms with Crippen LogP contribution in [0.25, 0.3) is 0 Å². The molecular formula is C15H18F3IN4O. The Morgan fingerprint density at radius 1 is 1.29 bits per heavy atom. The molecule has 1 heterocycles. The first-order chi connectivity index (χ1) is 10.8. The largest absolute Gasteiger partial charge is 0.424 e. The number of hydrogen-bond donors (Lipinski definition) is 2. The number of imidazole rings is 1. The summed E-state index contributed by atoms with van der Waals surface area (Å²) in [4.78, 5) is 7.55. The third-order valence-corrected chi connectivity index (χ3v) is 3.49. The van der Waals surface area contributed by atoms with Gasteiger partial charge < -0.3 is 15.4 Å². The summed E-state index contributed by atoms with van der Waals surface area (Å²) in [6, 6.07) is 8.69. The molecule has 0 amide bonds. The number of benzene rings is 1. The Balaban J connectivity index is 0.00000288. The van der Waals surface area contributed by atoms with Crippen LogP contribution in [0.15, 0.2) is 47.7 Å². The van der Waals surface area contributed by atoms with Gasteiger partial charge in [-0.1, -0.05) is 30.3 Å². The van der Waals surface area contributed by atoms with E-state index in [1.807, 2.05) is 0 Å². The van der Waals surface area contributed by atoms with Crippen molar-refractivity contribution in [3.63, 3.8) is 0 Å². The third kappa shape index (κ3) is 4.26. The normalized spacial score (nSPS) is 14.8. The Morgan fingerprint density at radius 2 is 1.92 bits per heavy atom. The van der Waals surface area contributed by atoms with Crippen molar-refractivity contribution in [2.75, 3.05) is 6.54 Å². The molecular weight excluding hydrogens is 436 g/mol. The van der Waals surface area contributed by atoms with Crippen LogP contribution in [0.3, 0.4) is 0 Å². The number of nitrogens with two attached hydrogens (primary N) is 1. The Labute approximate surface area is 154 Å². The lowest BCUT2D eigenvalue weighted by molar-refractivity contribution is -0.272. The topological polar surface area (TPSA) is 76.4 Å². The fraction of sp³-hybridized carbons (Fsp3) is 0.333. The Morgan fingerprint density at radius 3 is 2.42 bits per heavy atom. The maximum Gasteiger partial charge on any atom is 0.424 e. The van der Waals surface area contributed by atoms with Crippen LogP contribution >= 0.6 is 24.0 Å². The second kappa shape index (κ2) is 7.97. The third-order valence-electron chi connectivity index (χ3n) is 3.49. The first-order valence-electron chi connectivity index (χ1n) is 6.88. The summed E-state index contributed by atoms with van der Waals surface area (Å²) in [5.41, 5.74) is 3.28. The van der Waals surface area contributed by atoms with Crippen molar-refractivity contribution in [2.45, 2.75) is 18.2 Å². The van der Waals surface area contributed by atoms with Crippen LogP contribution < -0.4 is 5.73 Å². The molecule has 0 saturated carbocycles. The summed E-state index contributed by atoms with van der Waals surface area (Å²) in [6.45, 7) is -0.288. The number of halogens is 4. The molecule has 132 valence electrons. The van der Waals surface area contributed by atoms with E-state index in [0.717, 1.165) is 4.57 Å². The molecule has 0 aliphatic rings. The minimum absolute atomic E-state index is 0. The highest BCUT2D eigenvalue weighted by Crippen LogP contribution is 2.40. The van der Waals surface area contributed by atoms with Crippen molar-refractivity contribution < 1.29 is 18.3 Å². The number of nitrogens with zero attached hydrogens (tertiary/aromatic N) is 3. The molecule has 0 bridgehead atoms. The minimum Gasteiger partial charge on any atom is -0.384 e. The van der Waals surface area contributed by atoms with Crippen LogP contribution in [0.2, 0.25) is 0 Å². The molecule has 0 spiro atoms. The zero-order valence-corrected chi connectivity index (χ0v) is 15.2. The van der Waals surface area contributed by atoms with E-state index in [-0.39, 0.29) is 36.4 Å². The first kappa shape index (κ1) is 20.4. The molecule has 1 atom stereocenters. The van der Waals surface area contributed by atoms with Gasteiger partial charge in [-0.05, 0) is 0 Å². The van der Waals surface area contributed by atoms with Crippen molar-refractivity contribution >= 4 is 29.8 Å². The van der Waals surface area contributed by atoms with Crippen molar-refractivity contribution in [3.05, 3.63) is 54.1 Å². The van der Waals surface area contributed by atoms with E-state index in [2.05, 4.69) is 9.98 Å². The number of aromatic nitrogens is 2. The number of aliphatic imine (C=N–C) groups is 1. The molecule has 1 aromatic carbocycles. The molecule has 1 aromatic heterocycles. The van der Waals surface area contributed by atoms with Gasteiger partial charge in [-0.15, -0.1) is 24.0 Å². The fourth-order valence-electron chi connectivity index (χ4n) is 2.18. The van der Waals surface area contributed by atoms with E-state index >= 15 is 0 Å². The number of rotatable bonds is 5. The molecule has 0 radical (unpaired) electrons. The Kier molecular flexibility index (Phi) is 6.78. The molecule has 2 aromatic rings.